The Labute approximate surface area is 49.5 Å². The van der Waals surface area contributed by atoms with Crippen LogP contribution in [0.4, 0.5) is 0 Å². The number of hydrogen-bond acceptors (Lipinski definition) is 2. The standard InChI is InChI=1S/C6H11NO/c1-2-5-8-6-4-7-3-1/h4,6-7H,1-3,5H2. The van der Waals surface area contributed by atoms with Gasteiger partial charge in [-0.2, -0.15) is 0 Å². The Bertz CT molecular complexity index is 70.6. The van der Waals surface area contributed by atoms with Crippen LogP contribution in [0.25, 0.3) is 0 Å². The van der Waals surface area contributed by atoms with Crippen LogP contribution < -0.4 is 5.32 Å². The molecule has 0 amide bonds. The molecule has 1 aliphatic heterocycles. The van der Waals surface area contributed by atoms with Crippen molar-refractivity contribution in [3.05, 3.63) is 12.5 Å². The van der Waals surface area contributed by atoms with Crippen molar-refractivity contribution in [1.29, 1.82) is 0 Å². The SMILES string of the molecule is C1=COCCCCN1. The van der Waals surface area contributed by atoms with E-state index in [0.717, 1.165) is 19.6 Å². The maximum atomic E-state index is 5.03. The van der Waals surface area contributed by atoms with Crippen molar-refractivity contribution in [2.45, 2.75) is 12.8 Å². The van der Waals surface area contributed by atoms with E-state index in [1.165, 1.54) is 6.42 Å². The Morgan fingerprint density at radius 2 is 2.38 bits per heavy atom. The van der Waals surface area contributed by atoms with E-state index in [-0.39, 0.29) is 0 Å². The highest BCUT2D eigenvalue weighted by atomic mass is 16.5. The van der Waals surface area contributed by atoms with Gasteiger partial charge >= 0.3 is 0 Å². The lowest BCUT2D eigenvalue weighted by atomic mass is 10.3. The predicted octanol–water partition coefficient (Wildman–Crippen LogP) is 0.858. The van der Waals surface area contributed by atoms with Gasteiger partial charge in [-0.05, 0) is 12.8 Å². The highest BCUT2D eigenvalue weighted by Gasteiger charge is 1.88. The highest BCUT2D eigenvalue weighted by Crippen LogP contribution is 1.91. The zero-order valence-corrected chi connectivity index (χ0v) is 4.89. The molecule has 46 valence electrons. The summed E-state index contributed by atoms with van der Waals surface area (Å²) in [5.74, 6) is 0. The maximum Gasteiger partial charge on any atom is 0.0985 e. The van der Waals surface area contributed by atoms with Gasteiger partial charge in [-0.25, -0.2) is 0 Å². The van der Waals surface area contributed by atoms with E-state index in [9.17, 15) is 0 Å². The van der Waals surface area contributed by atoms with E-state index >= 15 is 0 Å². The van der Waals surface area contributed by atoms with E-state index in [1.807, 2.05) is 6.20 Å². The summed E-state index contributed by atoms with van der Waals surface area (Å²) in [6.45, 7) is 1.96. The first-order valence-corrected chi connectivity index (χ1v) is 3.00. The minimum Gasteiger partial charge on any atom is -0.500 e. The number of hydrogen-bond donors (Lipinski definition) is 1. The lowest BCUT2D eigenvalue weighted by Crippen LogP contribution is -2.10. The summed E-state index contributed by atoms with van der Waals surface area (Å²) < 4.78 is 5.03. The predicted molar refractivity (Wildman–Crippen MR) is 32.3 cm³/mol. The van der Waals surface area contributed by atoms with Gasteiger partial charge in [0.15, 0.2) is 0 Å². The second kappa shape index (κ2) is 3.36. The summed E-state index contributed by atoms with van der Waals surface area (Å²) in [5.41, 5.74) is 0. The molecule has 0 saturated carbocycles. The summed E-state index contributed by atoms with van der Waals surface area (Å²) in [4.78, 5) is 0. The van der Waals surface area contributed by atoms with Gasteiger partial charge in [0.25, 0.3) is 0 Å². The quantitative estimate of drug-likeness (QED) is 0.503. The van der Waals surface area contributed by atoms with Crippen LogP contribution in [0, 0.1) is 0 Å². The second-order valence-electron chi connectivity index (χ2n) is 1.83. The van der Waals surface area contributed by atoms with Crippen LogP contribution in [-0.4, -0.2) is 13.2 Å². The zero-order chi connectivity index (χ0) is 5.66. The monoisotopic (exact) mass is 113 g/mol. The van der Waals surface area contributed by atoms with Gasteiger partial charge in [0.05, 0.1) is 12.9 Å². The Morgan fingerprint density at radius 3 is 3.38 bits per heavy atom. The van der Waals surface area contributed by atoms with Gasteiger partial charge < -0.3 is 10.1 Å². The molecule has 8 heavy (non-hydrogen) atoms. The Hall–Kier alpha value is -0.660. The van der Waals surface area contributed by atoms with E-state index in [1.54, 1.807) is 6.26 Å². The van der Waals surface area contributed by atoms with E-state index in [4.69, 9.17) is 4.74 Å². The van der Waals surface area contributed by atoms with Crippen LogP contribution in [0.3, 0.4) is 0 Å². The Kier molecular flexibility index (Phi) is 2.30. The normalized spacial score (nSPS) is 20.0. The van der Waals surface area contributed by atoms with Gasteiger partial charge in [-0.1, -0.05) is 0 Å². The fourth-order valence-electron chi connectivity index (χ4n) is 0.660. The van der Waals surface area contributed by atoms with E-state index in [0.29, 0.717) is 0 Å². The Morgan fingerprint density at radius 1 is 1.38 bits per heavy atom. The molecule has 0 aromatic rings. The van der Waals surface area contributed by atoms with Crippen LogP contribution in [0.2, 0.25) is 0 Å². The molecule has 0 saturated heterocycles. The number of rotatable bonds is 0. The topological polar surface area (TPSA) is 21.3 Å². The third-order valence-corrected chi connectivity index (χ3v) is 1.12. The van der Waals surface area contributed by atoms with Gasteiger partial charge in [0.2, 0.25) is 0 Å². The number of ether oxygens (including phenoxy) is 1. The second-order valence-corrected chi connectivity index (χ2v) is 1.83. The van der Waals surface area contributed by atoms with Crippen LogP contribution in [0.5, 0.6) is 0 Å². The molecule has 2 heteroatoms. The fourth-order valence-corrected chi connectivity index (χ4v) is 0.660. The molecule has 1 rings (SSSR count). The first kappa shape index (κ1) is 5.48. The molecule has 0 bridgehead atoms. The van der Waals surface area contributed by atoms with Crippen LogP contribution in [-0.2, 0) is 4.74 Å². The molecular formula is C6H11NO. The molecule has 0 aromatic carbocycles. The molecular weight excluding hydrogens is 102 g/mol. The highest BCUT2D eigenvalue weighted by molar-refractivity contribution is 4.71. The van der Waals surface area contributed by atoms with E-state index in [2.05, 4.69) is 5.32 Å². The van der Waals surface area contributed by atoms with Crippen molar-refractivity contribution in [3.8, 4) is 0 Å². The van der Waals surface area contributed by atoms with E-state index < -0.39 is 0 Å². The average Bonchev–Trinajstić information content (AvgIpc) is 1.62. The molecule has 0 spiro atoms. The van der Waals surface area contributed by atoms with Gasteiger partial charge in [0.1, 0.15) is 0 Å². The molecule has 1 aliphatic rings. The fraction of sp³-hybridized carbons (Fsp3) is 0.667. The summed E-state index contributed by atoms with van der Waals surface area (Å²) in [7, 11) is 0. The molecule has 2 nitrogen and oxygen atoms in total. The third-order valence-electron chi connectivity index (χ3n) is 1.12. The van der Waals surface area contributed by atoms with Crippen LogP contribution >= 0.6 is 0 Å². The molecule has 0 fully saturated rings. The molecule has 0 radical (unpaired) electrons. The molecule has 0 aromatic heterocycles. The van der Waals surface area contributed by atoms with Crippen molar-refractivity contribution in [1.82, 2.24) is 5.32 Å². The largest absolute Gasteiger partial charge is 0.500 e. The molecule has 0 unspecified atom stereocenters. The molecule has 1 heterocycles. The minimum atomic E-state index is 0.873. The Balaban J connectivity index is 2.17. The lowest BCUT2D eigenvalue weighted by Gasteiger charge is -2.05. The molecule has 0 aliphatic carbocycles. The minimum absolute atomic E-state index is 0.873. The first-order chi connectivity index (χ1) is 4.00. The van der Waals surface area contributed by atoms with Crippen molar-refractivity contribution >= 4 is 0 Å². The van der Waals surface area contributed by atoms with Crippen LogP contribution in [0.15, 0.2) is 12.5 Å². The summed E-state index contributed by atoms with van der Waals surface area (Å²) in [5, 5.41) is 3.08. The maximum absolute atomic E-state index is 5.03. The van der Waals surface area contributed by atoms with Crippen molar-refractivity contribution in [2.24, 2.45) is 0 Å². The smallest absolute Gasteiger partial charge is 0.0985 e. The molecule has 1 N–H and O–H groups in total. The molecule has 0 atom stereocenters. The third kappa shape index (κ3) is 1.87. The van der Waals surface area contributed by atoms with Crippen molar-refractivity contribution in [3.63, 3.8) is 0 Å². The summed E-state index contributed by atoms with van der Waals surface area (Å²) >= 11 is 0. The van der Waals surface area contributed by atoms with Gasteiger partial charge in [0, 0.05) is 12.7 Å². The lowest BCUT2D eigenvalue weighted by molar-refractivity contribution is 0.235. The van der Waals surface area contributed by atoms with Crippen molar-refractivity contribution in [2.75, 3.05) is 13.2 Å². The van der Waals surface area contributed by atoms with Crippen LogP contribution in [0.1, 0.15) is 12.8 Å². The zero-order valence-electron chi connectivity index (χ0n) is 4.89. The van der Waals surface area contributed by atoms with Crippen molar-refractivity contribution < 1.29 is 4.74 Å². The first-order valence-electron chi connectivity index (χ1n) is 3.00. The number of nitrogens with one attached hydrogen (secondary N) is 1. The van der Waals surface area contributed by atoms with Gasteiger partial charge in [-0.15, -0.1) is 0 Å². The van der Waals surface area contributed by atoms with Gasteiger partial charge in [-0.3, -0.25) is 0 Å². The summed E-state index contributed by atoms with van der Waals surface area (Å²) in [6.07, 6.45) is 5.93. The summed E-state index contributed by atoms with van der Waals surface area (Å²) in [6, 6.07) is 0. The average molecular weight is 113 g/mol.